The van der Waals surface area contributed by atoms with Crippen LogP contribution in [0.5, 0.6) is 0 Å². The molecule has 1 atom stereocenters. The van der Waals surface area contributed by atoms with Gasteiger partial charge in [-0.2, -0.15) is 5.10 Å². The van der Waals surface area contributed by atoms with Gasteiger partial charge in [0.25, 0.3) is 0 Å². The Kier molecular flexibility index (Phi) is 4.45. The zero-order valence-electron chi connectivity index (χ0n) is 13.5. The number of carbonyl (C=O) groups is 1. The lowest BCUT2D eigenvalue weighted by molar-refractivity contribution is -0.135. The van der Waals surface area contributed by atoms with Crippen LogP contribution in [-0.4, -0.2) is 46.4 Å². The highest BCUT2D eigenvalue weighted by molar-refractivity contribution is 5.79. The van der Waals surface area contributed by atoms with Gasteiger partial charge in [-0.05, 0) is 37.6 Å². The Balaban J connectivity index is 1.75. The van der Waals surface area contributed by atoms with Crippen LogP contribution < -0.4 is 5.73 Å². The van der Waals surface area contributed by atoms with Gasteiger partial charge in [-0.15, -0.1) is 0 Å². The highest BCUT2D eigenvalue weighted by Gasteiger charge is 2.24. The number of aromatic nitrogens is 2. The third kappa shape index (κ3) is 3.60. The number of carbonyl (C=O) groups excluding carboxylic acids is 1. The van der Waals surface area contributed by atoms with E-state index in [0.717, 1.165) is 30.2 Å². The molecule has 1 aliphatic heterocycles. The summed E-state index contributed by atoms with van der Waals surface area (Å²) >= 11 is 0. The van der Waals surface area contributed by atoms with Gasteiger partial charge in [-0.1, -0.05) is 12.1 Å². The van der Waals surface area contributed by atoms with Crippen LogP contribution in [0.2, 0.25) is 0 Å². The van der Waals surface area contributed by atoms with Crippen LogP contribution in [0.1, 0.15) is 17.0 Å². The molecule has 1 aromatic heterocycles. The van der Waals surface area contributed by atoms with E-state index in [0.29, 0.717) is 13.2 Å². The van der Waals surface area contributed by atoms with E-state index >= 15 is 0 Å². The Labute approximate surface area is 135 Å². The van der Waals surface area contributed by atoms with E-state index in [1.165, 1.54) is 5.56 Å². The Morgan fingerprint density at radius 1 is 1.39 bits per heavy atom. The second-order valence-electron chi connectivity index (χ2n) is 6.01. The lowest BCUT2D eigenvalue weighted by Crippen LogP contribution is -2.47. The van der Waals surface area contributed by atoms with Crippen LogP contribution in [0.25, 0.3) is 5.69 Å². The molecule has 1 aromatic carbocycles. The Hall–Kier alpha value is -2.18. The number of benzene rings is 1. The third-order valence-electron chi connectivity index (χ3n) is 4.04. The Morgan fingerprint density at radius 3 is 2.91 bits per heavy atom. The standard InChI is InChI=1S/C17H22N4O2/c1-12-8-13(2)21(19-12)15-5-3-4-14(9-15)10-20-6-7-23-16(11-20)17(18)22/h3-5,8-9,16H,6-7,10-11H2,1-2H3,(H2,18,22). The summed E-state index contributed by atoms with van der Waals surface area (Å²) in [6, 6.07) is 10.4. The van der Waals surface area contributed by atoms with Crippen molar-refractivity contribution in [2.45, 2.75) is 26.5 Å². The molecule has 1 fully saturated rings. The average Bonchev–Trinajstić information content (AvgIpc) is 2.86. The molecule has 122 valence electrons. The second-order valence-corrected chi connectivity index (χ2v) is 6.01. The minimum atomic E-state index is -0.511. The zero-order valence-corrected chi connectivity index (χ0v) is 13.5. The summed E-state index contributed by atoms with van der Waals surface area (Å²) in [6.45, 7) is 6.68. The van der Waals surface area contributed by atoms with Crippen LogP contribution in [-0.2, 0) is 16.1 Å². The van der Waals surface area contributed by atoms with Crippen molar-refractivity contribution in [3.05, 3.63) is 47.3 Å². The van der Waals surface area contributed by atoms with Gasteiger partial charge in [0, 0.05) is 25.3 Å². The highest BCUT2D eigenvalue weighted by Crippen LogP contribution is 2.16. The summed E-state index contributed by atoms with van der Waals surface area (Å²) in [5.74, 6) is -0.397. The molecular weight excluding hydrogens is 292 g/mol. The first-order valence-corrected chi connectivity index (χ1v) is 7.79. The van der Waals surface area contributed by atoms with Crippen LogP contribution >= 0.6 is 0 Å². The van der Waals surface area contributed by atoms with Crippen molar-refractivity contribution < 1.29 is 9.53 Å². The number of morpholine rings is 1. The van der Waals surface area contributed by atoms with Crippen molar-refractivity contribution in [3.8, 4) is 5.69 Å². The van der Waals surface area contributed by atoms with Crippen molar-refractivity contribution in [3.63, 3.8) is 0 Å². The molecule has 1 aliphatic rings. The molecule has 6 nitrogen and oxygen atoms in total. The molecule has 1 saturated heterocycles. The lowest BCUT2D eigenvalue weighted by Gasteiger charge is -2.31. The molecule has 2 heterocycles. The van der Waals surface area contributed by atoms with Crippen molar-refractivity contribution in [1.82, 2.24) is 14.7 Å². The number of hydrogen-bond donors (Lipinski definition) is 1. The predicted octanol–water partition coefficient (Wildman–Crippen LogP) is 1.18. The van der Waals surface area contributed by atoms with Gasteiger partial charge in [0.2, 0.25) is 5.91 Å². The molecule has 0 bridgehead atoms. The van der Waals surface area contributed by atoms with Crippen molar-refractivity contribution >= 4 is 5.91 Å². The van der Waals surface area contributed by atoms with E-state index in [2.05, 4.69) is 34.3 Å². The summed E-state index contributed by atoms with van der Waals surface area (Å²) in [4.78, 5) is 13.5. The summed E-state index contributed by atoms with van der Waals surface area (Å²) in [5, 5.41) is 4.53. The Morgan fingerprint density at radius 2 is 2.22 bits per heavy atom. The van der Waals surface area contributed by atoms with E-state index < -0.39 is 12.0 Å². The van der Waals surface area contributed by atoms with Gasteiger partial charge >= 0.3 is 0 Å². The van der Waals surface area contributed by atoms with E-state index in [4.69, 9.17) is 10.5 Å². The van der Waals surface area contributed by atoms with Gasteiger partial charge in [-0.3, -0.25) is 9.69 Å². The van der Waals surface area contributed by atoms with E-state index in [1.807, 2.05) is 24.6 Å². The topological polar surface area (TPSA) is 73.4 Å². The monoisotopic (exact) mass is 314 g/mol. The maximum absolute atomic E-state index is 11.3. The molecule has 1 unspecified atom stereocenters. The van der Waals surface area contributed by atoms with Gasteiger partial charge in [0.1, 0.15) is 6.10 Å². The van der Waals surface area contributed by atoms with Crippen LogP contribution in [0.3, 0.4) is 0 Å². The first-order valence-electron chi connectivity index (χ1n) is 7.79. The zero-order chi connectivity index (χ0) is 16.4. The summed E-state index contributed by atoms with van der Waals surface area (Å²) in [6.07, 6.45) is -0.511. The molecule has 0 radical (unpaired) electrons. The molecule has 0 spiro atoms. The van der Waals surface area contributed by atoms with E-state index in [1.54, 1.807) is 0 Å². The molecule has 3 rings (SSSR count). The molecule has 1 amide bonds. The maximum Gasteiger partial charge on any atom is 0.247 e. The fourth-order valence-electron chi connectivity index (χ4n) is 2.95. The first kappa shape index (κ1) is 15.7. The van der Waals surface area contributed by atoms with Gasteiger partial charge < -0.3 is 10.5 Å². The lowest BCUT2D eigenvalue weighted by atomic mass is 10.1. The number of ether oxygens (including phenoxy) is 1. The first-order chi connectivity index (χ1) is 11.0. The van der Waals surface area contributed by atoms with Gasteiger partial charge in [0.05, 0.1) is 18.0 Å². The van der Waals surface area contributed by atoms with Crippen molar-refractivity contribution in [1.29, 1.82) is 0 Å². The predicted molar refractivity (Wildman–Crippen MR) is 87.2 cm³/mol. The molecule has 0 aliphatic carbocycles. The number of primary amides is 1. The molecule has 2 N–H and O–H groups in total. The number of amides is 1. The Bertz CT molecular complexity index is 710. The molecular formula is C17H22N4O2. The van der Waals surface area contributed by atoms with E-state index in [-0.39, 0.29) is 0 Å². The number of rotatable bonds is 4. The van der Waals surface area contributed by atoms with Crippen LogP contribution in [0.4, 0.5) is 0 Å². The quantitative estimate of drug-likeness (QED) is 0.919. The van der Waals surface area contributed by atoms with Gasteiger partial charge in [-0.25, -0.2) is 4.68 Å². The minimum absolute atomic E-state index is 0.397. The van der Waals surface area contributed by atoms with Crippen molar-refractivity contribution in [2.24, 2.45) is 5.73 Å². The largest absolute Gasteiger partial charge is 0.367 e. The van der Waals surface area contributed by atoms with Crippen LogP contribution in [0, 0.1) is 13.8 Å². The fraction of sp³-hybridized carbons (Fsp3) is 0.412. The number of aryl methyl sites for hydroxylation is 2. The smallest absolute Gasteiger partial charge is 0.247 e. The molecule has 0 saturated carbocycles. The molecule has 6 heteroatoms. The summed E-state index contributed by atoms with van der Waals surface area (Å²) in [7, 11) is 0. The highest BCUT2D eigenvalue weighted by atomic mass is 16.5. The SMILES string of the molecule is Cc1cc(C)n(-c2cccc(CN3CCOC(C(N)=O)C3)c2)n1. The normalized spacial score (nSPS) is 19.0. The van der Waals surface area contributed by atoms with Crippen LogP contribution in [0.15, 0.2) is 30.3 Å². The van der Waals surface area contributed by atoms with E-state index in [9.17, 15) is 4.79 Å². The summed E-state index contributed by atoms with van der Waals surface area (Å²) in [5.41, 5.74) is 9.69. The average molecular weight is 314 g/mol. The number of hydrogen-bond acceptors (Lipinski definition) is 4. The minimum Gasteiger partial charge on any atom is -0.367 e. The van der Waals surface area contributed by atoms with Crippen molar-refractivity contribution in [2.75, 3.05) is 19.7 Å². The molecule has 23 heavy (non-hydrogen) atoms. The maximum atomic E-state index is 11.3. The molecule has 2 aromatic rings. The fourth-order valence-corrected chi connectivity index (χ4v) is 2.95. The number of nitrogens with two attached hydrogens (primary N) is 1. The second kappa shape index (κ2) is 6.52. The summed E-state index contributed by atoms with van der Waals surface area (Å²) < 4.78 is 7.34. The number of nitrogens with zero attached hydrogens (tertiary/aromatic N) is 3. The third-order valence-corrected chi connectivity index (χ3v) is 4.04. The van der Waals surface area contributed by atoms with Gasteiger partial charge in [0.15, 0.2) is 0 Å².